The van der Waals surface area contributed by atoms with Gasteiger partial charge in [0.15, 0.2) is 0 Å². The Labute approximate surface area is 113 Å². The van der Waals surface area contributed by atoms with Crippen LogP contribution in [-0.2, 0) is 21.7 Å². The molecule has 1 rings (SSSR count). The Morgan fingerprint density at radius 3 is 1.67 bits per heavy atom. The summed E-state index contributed by atoms with van der Waals surface area (Å²) in [5.74, 6) is 0. The molecule has 0 fully saturated rings. The van der Waals surface area contributed by atoms with Crippen molar-refractivity contribution in [3.05, 3.63) is 37.4 Å². The van der Waals surface area contributed by atoms with E-state index in [2.05, 4.69) is 51.4 Å². The molecule has 0 atom stereocenters. The molecule has 15 heavy (non-hydrogen) atoms. The molecule has 0 N–H and O–H groups in total. The molecule has 0 saturated heterocycles. The molecule has 0 aromatic rings. The molecular weight excluding hydrogens is 248 g/mol. The summed E-state index contributed by atoms with van der Waals surface area (Å²) in [6.07, 6.45) is 10.0. The minimum atomic E-state index is -1.04. The van der Waals surface area contributed by atoms with Gasteiger partial charge in [0, 0.05) is 0 Å². The molecule has 1 aliphatic carbocycles. The smallest absolute Gasteiger partial charge is 0.343 e. The molecule has 0 saturated carbocycles. The fraction of sp³-hybridized carbons (Fsp3) is 0.500. The third-order valence-electron chi connectivity index (χ3n) is 1.54. The van der Waals surface area contributed by atoms with Crippen molar-refractivity contribution in [2.45, 2.75) is 38.3 Å². The fourth-order valence-corrected chi connectivity index (χ4v) is 12.0. The first-order chi connectivity index (χ1) is 6.21. The number of allylic oxidation sites excluding steroid dienone is 4. The van der Waals surface area contributed by atoms with Crippen LogP contribution >= 0.6 is 0 Å². The molecule has 0 unspecified atom stereocenters. The molecule has 0 aromatic carbocycles. The zero-order valence-corrected chi connectivity index (χ0v) is 14.1. The quantitative estimate of drug-likeness (QED) is 0.526. The Morgan fingerprint density at radius 2 is 1.60 bits per heavy atom. The van der Waals surface area contributed by atoms with Crippen LogP contribution in [0.2, 0.25) is 31.9 Å². The van der Waals surface area contributed by atoms with Crippen LogP contribution in [0.15, 0.2) is 18.2 Å². The first kappa shape index (κ1) is 18.0. The van der Waals surface area contributed by atoms with Crippen LogP contribution in [0.25, 0.3) is 0 Å². The molecule has 0 aromatic heterocycles. The molecule has 83 valence electrons. The SMILES string of the molecule is [C-]1=CC=CC1.[CH2-][Si](C)(C)C[Si]([CH2-])(C)C.[Ti+3]. The second kappa shape index (κ2) is 7.83. The standard InChI is InChI=1S/C7H18Si2.C5H5.Ti/c1-8(2,3)7-9(4,5)6;1-2-4-5-3-1;/h1,4,7H2,2-3,5-6H3;1-3H,4H2;/q-2;-1;+3. The van der Waals surface area contributed by atoms with Gasteiger partial charge in [-0.1, -0.05) is 26.2 Å². The van der Waals surface area contributed by atoms with Gasteiger partial charge in [0.05, 0.1) is 0 Å². The minimum absolute atomic E-state index is 0. The van der Waals surface area contributed by atoms with Gasteiger partial charge in [-0.25, -0.2) is 12.2 Å². The van der Waals surface area contributed by atoms with Crippen molar-refractivity contribution in [3.63, 3.8) is 0 Å². The van der Waals surface area contributed by atoms with E-state index in [0.717, 1.165) is 6.42 Å². The van der Waals surface area contributed by atoms with E-state index < -0.39 is 16.1 Å². The molecule has 0 spiro atoms. The Morgan fingerprint density at radius 1 is 1.13 bits per heavy atom. The van der Waals surface area contributed by atoms with E-state index in [1.807, 2.05) is 12.2 Å². The van der Waals surface area contributed by atoms with E-state index in [-0.39, 0.29) is 21.7 Å². The van der Waals surface area contributed by atoms with Crippen molar-refractivity contribution in [2.75, 3.05) is 0 Å². The zero-order chi connectivity index (χ0) is 11.2. The van der Waals surface area contributed by atoms with Crippen LogP contribution in [0, 0.1) is 19.2 Å². The Bertz CT molecular complexity index is 185. The largest absolute Gasteiger partial charge is 3.00 e. The van der Waals surface area contributed by atoms with Crippen molar-refractivity contribution < 1.29 is 21.7 Å². The molecule has 0 bridgehead atoms. The summed E-state index contributed by atoms with van der Waals surface area (Å²) in [6.45, 7) is 17.6. The molecule has 0 aliphatic heterocycles. The second-order valence-electron chi connectivity index (χ2n) is 5.51. The first-order valence-corrected chi connectivity index (χ1v) is 12.0. The molecule has 1 radical (unpaired) electrons. The van der Waals surface area contributed by atoms with Crippen molar-refractivity contribution in [2.24, 2.45) is 0 Å². The summed E-state index contributed by atoms with van der Waals surface area (Å²) < 4.78 is 0. The van der Waals surface area contributed by atoms with E-state index in [1.165, 1.54) is 5.67 Å². The molecule has 0 heterocycles. The number of hydrogen-bond donors (Lipinski definition) is 0. The maximum absolute atomic E-state index is 4.19. The zero-order valence-electron chi connectivity index (χ0n) is 10.6. The van der Waals surface area contributed by atoms with E-state index in [1.54, 1.807) is 0 Å². The monoisotopic (exact) mass is 271 g/mol. The van der Waals surface area contributed by atoms with E-state index in [0.29, 0.717) is 0 Å². The summed E-state index contributed by atoms with van der Waals surface area (Å²) in [6, 6.07) is 0. The minimum Gasteiger partial charge on any atom is -0.343 e. The maximum atomic E-state index is 4.19. The van der Waals surface area contributed by atoms with Crippen LogP contribution in [-0.4, -0.2) is 16.1 Å². The summed E-state index contributed by atoms with van der Waals surface area (Å²) in [5, 5.41) is 0. The van der Waals surface area contributed by atoms with Crippen LogP contribution in [0.3, 0.4) is 0 Å². The van der Waals surface area contributed by atoms with Gasteiger partial charge >= 0.3 is 21.7 Å². The van der Waals surface area contributed by atoms with E-state index in [9.17, 15) is 0 Å². The summed E-state index contributed by atoms with van der Waals surface area (Å²) >= 11 is 0. The van der Waals surface area contributed by atoms with Crippen LogP contribution in [0.4, 0.5) is 0 Å². The van der Waals surface area contributed by atoms with Gasteiger partial charge in [-0.3, -0.25) is 6.08 Å². The van der Waals surface area contributed by atoms with Crippen LogP contribution < -0.4 is 0 Å². The maximum Gasteiger partial charge on any atom is 3.00 e. The predicted molar refractivity (Wildman–Crippen MR) is 72.1 cm³/mol. The molecular formula is C12H23Si2Ti. The van der Waals surface area contributed by atoms with Gasteiger partial charge in [-0.2, -0.15) is 6.08 Å². The Balaban J connectivity index is 0. The third-order valence-corrected chi connectivity index (χ3v) is 9.20. The average Bonchev–Trinajstić information content (AvgIpc) is 2.29. The predicted octanol–water partition coefficient (Wildman–Crippen LogP) is 3.99. The molecule has 0 nitrogen and oxygen atoms in total. The van der Waals surface area contributed by atoms with Crippen molar-refractivity contribution >= 4 is 16.1 Å². The second-order valence-corrected chi connectivity index (χ2v) is 15.6. The summed E-state index contributed by atoms with van der Waals surface area (Å²) in [5.41, 5.74) is 1.35. The van der Waals surface area contributed by atoms with Gasteiger partial charge in [0.2, 0.25) is 0 Å². The van der Waals surface area contributed by atoms with E-state index in [4.69, 9.17) is 0 Å². The van der Waals surface area contributed by atoms with Gasteiger partial charge in [0.25, 0.3) is 0 Å². The van der Waals surface area contributed by atoms with Crippen LogP contribution in [0.1, 0.15) is 6.42 Å². The fourth-order valence-electron chi connectivity index (χ4n) is 1.64. The third kappa shape index (κ3) is 17.3. The normalized spacial score (nSPS) is 14.3. The summed E-state index contributed by atoms with van der Waals surface area (Å²) in [4.78, 5) is 0. The summed E-state index contributed by atoms with van der Waals surface area (Å²) in [7, 11) is -2.09. The van der Waals surface area contributed by atoms with Gasteiger partial charge < -0.3 is 13.1 Å². The van der Waals surface area contributed by atoms with Gasteiger partial charge in [-0.15, -0.1) is 28.2 Å². The topological polar surface area (TPSA) is 0 Å². The van der Waals surface area contributed by atoms with Crippen LogP contribution in [0.5, 0.6) is 0 Å². The molecule has 0 amide bonds. The molecule has 3 heteroatoms. The van der Waals surface area contributed by atoms with Crippen molar-refractivity contribution in [3.8, 4) is 0 Å². The van der Waals surface area contributed by atoms with Gasteiger partial charge in [0.1, 0.15) is 0 Å². The first-order valence-electron chi connectivity index (χ1n) is 5.13. The van der Waals surface area contributed by atoms with Gasteiger partial charge in [-0.05, 0) is 0 Å². The Hall–Kier alpha value is 0.628. The van der Waals surface area contributed by atoms with Crippen molar-refractivity contribution in [1.82, 2.24) is 0 Å². The van der Waals surface area contributed by atoms with Crippen molar-refractivity contribution in [1.29, 1.82) is 0 Å². The van der Waals surface area contributed by atoms with E-state index >= 15 is 0 Å². The Kier molecular flexibility index (Phi) is 9.40. The average molecular weight is 271 g/mol. The number of rotatable bonds is 2. The number of hydrogen-bond acceptors (Lipinski definition) is 0. The molecule has 1 aliphatic rings.